The Balaban J connectivity index is 1.73. The zero-order chi connectivity index (χ0) is 22.6. The van der Waals surface area contributed by atoms with Crippen LogP contribution in [0.4, 0.5) is 5.69 Å². The second kappa shape index (κ2) is 9.35. The molecule has 0 aromatic heterocycles. The van der Waals surface area contributed by atoms with Crippen molar-refractivity contribution in [3.8, 4) is 0 Å². The Labute approximate surface area is 184 Å². The monoisotopic (exact) mass is 436 g/mol. The maximum atomic E-state index is 12.5. The maximum absolute atomic E-state index is 12.5. The van der Waals surface area contributed by atoms with Crippen LogP contribution < -0.4 is 9.62 Å². The molecular weight excluding hydrogens is 408 g/mol. The molecule has 6 heteroatoms. The lowest BCUT2D eigenvalue weighted by Gasteiger charge is -2.26. The van der Waals surface area contributed by atoms with Crippen molar-refractivity contribution in [1.29, 1.82) is 0 Å². The largest absolute Gasteiger partial charge is 0.348 e. The van der Waals surface area contributed by atoms with E-state index in [2.05, 4.69) is 5.32 Å². The van der Waals surface area contributed by atoms with Crippen molar-refractivity contribution in [2.45, 2.75) is 33.9 Å². The molecule has 5 nitrogen and oxygen atoms in total. The topological polar surface area (TPSA) is 66.5 Å². The number of nitrogens with one attached hydrogen (secondary N) is 1. The van der Waals surface area contributed by atoms with Crippen molar-refractivity contribution in [2.75, 3.05) is 10.6 Å². The zero-order valence-corrected chi connectivity index (χ0v) is 19.2. The minimum atomic E-state index is -3.48. The number of para-hydroxylation sites is 1. The molecule has 0 saturated carbocycles. The number of amides is 1. The van der Waals surface area contributed by atoms with Gasteiger partial charge in [0.2, 0.25) is 10.0 Å². The number of hydrogen-bond donors (Lipinski definition) is 1. The molecule has 0 atom stereocenters. The van der Waals surface area contributed by atoms with Crippen LogP contribution in [0.15, 0.2) is 66.7 Å². The van der Waals surface area contributed by atoms with Gasteiger partial charge in [-0.3, -0.25) is 9.10 Å². The fraction of sp³-hybridized carbons (Fsp3) is 0.240. The van der Waals surface area contributed by atoms with Crippen molar-refractivity contribution in [2.24, 2.45) is 0 Å². The summed E-state index contributed by atoms with van der Waals surface area (Å²) in [5.74, 6) is -0.165. The highest BCUT2D eigenvalue weighted by Gasteiger charge is 2.21. The number of nitrogens with zero attached hydrogens (tertiary/aromatic N) is 1. The summed E-state index contributed by atoms with van der Waals surface area (Å²) in [5, 5.41) is 2.91. The standard InChI is InChI=1S/C25H28N2O3S/c1-18-8-10-21(11-9-18)16-26-25(28)23-14-12-22(13-15-23)17-27(31(4,29)30)24-19(2)6-5-7-20(24)3/h5-15H,16-17H2,1-4H3,(H,26,28). The van der Waals surface area contributed by atoms with E-state index < -0.39 is 10.0 Å². The highest BCUT2D eigenvalue weighted by molar-refractivity contribution is 7.92. The van der Waals surface area contributed by atoms with Crippen LogP contribution in [0.1, 0.15) is 38.2 Å². The summed E-state index contributed by atoms with van der Waals surface area (Å²) in [6.07, 6.45) is 1.21. The lowest BCUT2D eigenvalue weighted by atomic mass is 10.1. The number of anilines is 1. The van der Waals surface area contributed by atoms with E-state index in [1.807, 2.05) is 63.2 Å². The van der Waals surface area contributed by atoms with E-state index in [-0.39, 0.29) is 12.5 Å². The summed E-state index contributed by atoms with van der Waals surface area (Å²) >= 11 is 0. The van der Waals surface area contributed by atoms with E-state index in [0.29, 0.717) is 17.8 Å². The first-order valence-corrected chi connectivity index (χ1v) is 12.0. The Hall–Kier alpha value is -3.12. The summed E-state index contributed by atoms with van der Waals surface area (Å²) in [5.41, 5.74) is 6.06. The quantitative estimate of drug-likeness (QED) is 0.593. The van der Waals surface area contributed by atoms with Crippen molar-refractivity contribution in [3.05, 3.63) is 100 Å². The van der Waals surface area contributed by atoms with E-state index in [9.17, 15) is 13.2 Å². The van der Waals surface area contributed by atoms with Gasteiger partial charge in [-0.1, -0.05) is 60.2 Å². The highest BCUT2D eigenvalue weighted by atomic mass is 32.2. The van der Waals surface area contributed by atoms with Gasteiger partial charge in [0.25, 0.3) is 5.91 Å². The summed E-state index contributed by atoms with van der Waals surface area (Å²) in [7, 11) is -3.48. The molecule has 0 bridgehead atoms. The van der Waals surface area contributed by atoms with Gasteiger partial charge >= 0.3 is 0 Å². The molecule has 3 aromatic rings. The van der Waals surface area contributed by atoms with Gasteiger partial charge in [-0.25, -0.2) is 8.42 Å². The van der Waals surface area contributed by atoms with E-state index in [0.717, 1.165) is 22.3 Å². The Morgan fingerprint density at radius 2 is 1.39 bits per heavy atom. The minimum Gasteiger partial charge on any atom is -0.348 e. The molecule has 0 aliphatic rings. The van der Waals surface area contributed by atoms with Crippen LogP contribution in [0, 0.1) is 20.8 Å². The molecule has 3 aromatic carbocycles. The number of carbonyl (C=O) groups is 1. The number of hydrogen-bond acceptors (Lipinski definition) is 3. The molecule has 0 radical (unpaired) electrons. The molecule has 0 aliphatic carbocycles. The lowest BCUT2D eigenvalue weighted by molar-refractivity contribution is 0.0951. The Bertz CT molecular complexity index is 1150. The minimum absolute atomic E-state index is 0.165. The van der Waals surface area contributed by atoms with Crippen molar-refractivity contribution < 1.29 is 13.2 Å². The first kappa shape index (κ1) is 22.6. The molecule has 0 heterocycles. The summed E-state index contributed by atoms with van der Waals surface area (Å²) in [6.45, 7) is 6.49. The molecular formula is C25H28N2O3S. The van der Waals surface area contributed by atoms with E-state index in [4.69, 9.17) is 0 Å². The number of rotatable bonds is 7. The van der Waals surface area contributed by atoms with Crippen molar-refractivity contribution in [3.63, 3.8) is 0 Å². The van der Waals surface area contributed by atoms with Gasteiger partial charge in [0.15, 0.2) is 0 Å². The molecule has 1 amide bonds. The predicted molar refractivity (Wildman–Crippen MR) is 126 cm³/mol. The van der Waals surface area contributed by atoms with E-state index >= 15 is 0 Å². The van der Waals surface area contributed by atoms with Crippen LogP contribution in [0.2, 0.25) is 0 Å². The normalized spacial score (nSPS) is 11.2. The van der Waals surface area contributed by atoms with Crippen LogP contribution in [-0.2, 0) is 23.1 Å². The molecule has 0 unspecified atom stereocenters. The maximum Gasteiger partial charge on any atom is 0.251 e. The van der Waals surface area contributed by atoms with Crippen molar-refractivity contribution in [1.82, 2.24) is 5.32 Å². The van der Waals surface area contributed by atoms with Crippen LogP contribution in [0.25, 0.3) is 0 Å². The van der Waals surface area contributed by atoms with Gasteiger partial charge in [0.1, 0.15) is 0 Å². The van der Waals surface area contributed by atoms with Crippen molar-refractivity contribution >= 4 is 21.6 Å². The Morgan fingerprint density at radius 3 is 1.94 bits per heavy atom. The molecule has 0 aliphatic heterocycles. The number of benzene rings is 3. The fourth-order valence-electron chi connectivity index (χ4n) is 3.48. The molecule has 31 heavy (non-hydrogen) atoms. The fourth-order valence-corrected chi connectivity index (χ4v) is 4.48. The number of carbonyl (C=O) groups excluding carboxylic acids is 1. The Morgan fingerprint density at radius 1 is 0.839 bits per heavy atom. The van der Waals surface area contributed by atoms with Crippen LogP contribution in [-0.4, -0.2) is 20.6 Å². The van der Waals surface area contributed by atoms with Gasteiger partial charge in [-0.15, -0.1) is 0 Å². The third-order valence-corrected chi connectivity index (χ3v) is 6.32. The molecule has 162 valence electrons. The van der Waals surface area contributed by atoms with Crippen LogP contribution in [0.3, 0.4) is 0 Å². The first-order valence-electron chi connectivity index (χ1n) is 10.1. The molecule has 3 rings (SSSR count). The van der Waals surface area contributed by atoms with E-state index in [1.165, 1.54) is 16.1 Å². The molecule has 0 saturated heterocycles. The smallest absolute Gasteiger partial charge is 0.251 e. The molecule has 1 N–H and O–H groups in total. The summed E-state index contributed by atoms with van der Waals surface area (Å²) < 4.78 is 26.5. The van der Waals surface area contributed by atoms with Crippen LogP contribution in [0.5, 0.6) is 0 Å². The van der Waals surface area contributed by atoms with Gasteiger partial charge in [0.05, 0.1) is 18.5 Å². The van der Waals surface area contributed by atoms with Gasteiger partial charge in [-0.2, -0.15) is 0 Å². The average Bonchev–Trinajstić information content (AvgIpc) is 2.72. The summed E-state index contributed by atoms with van der Waals surface area (Å²) in [6, 6.07) is 20.8. The Kier molecular flexibility index (Phi) is 6.81. The number of sulfonamides is 1. The van der Waals surface area contributed by atoms with Gasteiger partial charge in [-0.05, 0) is 55.2 Å². The first-order chi connectivity index (χ1) is 14.6. The van der Waals surface area contributed by atoms with Gasteiger partial charge in [0, 0.05) is 12.1 Å². The molecule has 0 spiro atoms. The second-order valence-electron chi connectivity index (χ2n) is 7.88. The lowest BCUT2D eigenvalue weighted by Crippen LogP contribution is -2.30. The number of aryl methyl sites for hydroxylation is 3. The predicted octanol–water partition coefficient (Wildman–Crippen LogP) is 4.51. The highest BCUT2D eigenvalue weighted by Crippen LogP contribution is 2.28. The third kappa shape index (κ3) is 5.73. The average molecular weight is 437 g/mol. The zero-order valence-electron chi connectivity index (χ0n) is 18.3. The SMILES string of the molecule is Cc1ccc(CNC(=O)c2ccc(CN(c3c(C)cccc3C)S(C)(=O)=O)cc2)cc1. The van der Waals surface area contributed by atoms with Crippen LogP contribution >= 0.6 is 0 Å². The third-order valence-electron chi connectivity index (χ3n) is 5.21. The second-order valence-corrected chi connectivity index (χ2v) is 9.78. The molecule has 0 fully saturated rings. The van der Waals surface area contributed by atoms with E-state index in [1.54, 1.807) is 24.3 Å². The summed E-state index contributed by atoms with van der Waals surface area (Å²) in [4.78, 5) is 12.5. The van der Waals surface area contributed by atoms with Gasteiger partial charge < -0.3 is 5.32 Å².